The van der Waals surface area contributed by atoms with Gasteiger partial charge in [0, 0.05) is 13.1 Å². The van der Waals surface area contributed by atoms with E-state index in [9.17, 15) is 9.59 Å². The van der Waals surface area contributed by atoms with Gasteiger partial charge < -0.3 is 15.0 Å². The number of likely N-dealkylation sites (tertiary alicyclic amines) is 1. The van der Waals surface area contributed by atoms with Gasteiger partial charge in [0.15, 0.2) is 0 Å². The van der Waals surface area contributed by atoms with Crippen molar-refractivity contribution in [3.8, 4) is 0 Å². The lowest BCUT2D eigenvalue weighted by molar-refractivity contribution is -0.127. The largest absolute Gasteiger partial charge is 0.445 e. The maximum atomic E-state index is 11.7. The maximum Gasteiger partial charge on any atom is 0.407 e. The molecule has 5 nitrogen and oxygen atoms in total. The molecule has 0 aliphatic carbocycles. The summed E-state index contributed by atoms with van der Waals surface area (Å²) in [6, 6.07) is 9.41. The number of benzene rings is 1. The van der Waals surface area contributed by atoms with Crippen molar-refractivity contribution in [2.24, 2.45) is 0 Å². The third kappa shape index (κ3) is 4.13. The Hall–Kier alpha value is -1.75. The summed E-state index contributed by atoms with van der Waals surface area (Å²) in [6.07, 6.45) is 0.266. The van der Waals surface area contributed by atoms with E-state index < -0.39 is 6.09 Å². The number of halogens is 1. The van der Waals surface area contributed by atoms with E-state index in [1.807, 2.05) is 30.3 Å². The summed E-state index contributed by atoms with van der Waals surface area (Å²) in [4.78, 5) is 24.7. The molecule has 1 aromatic rings. The van der Waals surface area contributed by atoms with Crippen LogP contribution in [-0.4, -0.2) is 41.9 Å². The van der Waals surface area contributed by atoms with E-state index >= 15 is 0 Å². The first-order valence-electron chi connectivity index (χ1n) is 6.50. The summed E-state index contributed by atoms with van der Waals surface area (Å²) in [5.41, 5.74) is 0.938. The number of alkyl carbamates (subject to hydrolysis) is 1. The Kier molecular flexibility index (Phi) is 5.24. The molecule has 2 amide bonds. The highest BCUT2D eigenvalue weighted by molar-refractivity contribution is 6.27. The van der Waals surface area contributed by atoms with Crippen LogP contribution in [0.25, 0.3) is 0 Å². The Morgan fingerprint density at radius 2 is 2.10 bits per heavy atom. The average Bonchev–Trinajstić information content (AvgIpc) is 2.94. The Labute approximate surface area is 122 Å². The van der Waals surface area contributed by atoms with Crippen molar-refractivity contribution in [2.45, 2.75) is 19.1 Å². The van der Waals surface area contributed by atoms with Gasteiger partial charge in [0.1, 0.15) is 12.5 Å². The molecule has 2 rings (SSSR count). The minimum atomic E-state index is -0.459. The van der Waals surface area contributed by atoms with E-state index in [4.69, 9.17) is 16.3 Å². The highest BCUT2D eigenvalue weighted by Gasteiger charge is 2.26. The van der Waals surface area contributed by atoms with Crippen LogP contribution in [0.1, 0.15) is 12.0 Å². The number of hydrogen-bond donors (Lipinski definition) is 1. The summed E-state index contributed by atoms with van der Waals surface area (Å²) in [5.74, 6) is -0.126. The first-order chi connectivity index (χ1) is 9.69. The van der Waals surface area contributed by atoms with Crippen LogP contribution in [-0.2, 0) is 16.1 Å². The van der Waals surface area contributed by atoms with Gasteiger partial charge in [0.2, 0.25) is 5.91 Å². The van der Waals surface area contributed by atoms with E-state index in [2.05, 4.69) is 5.32 Å². The molecule has 20 heavy (non-hydrogen) atoms. The van der Waals surface area contributed by atoms with Crippen LogP contribution in [0.2, 0.25) is 0 Å². The van der Waals surface area contributed by atoms with E-state index in [0.717, 1.165) is 12.0 Å². The summed E-state index contributed by atoms with van der Waals surface area (Å²) < 4.78 is 5.13. The second-order valence-corrected chi connectivity index (χ2v) is 4.93. The number of carbonyl (C=O) groups is 2. The fraction of sp³-hybridized carbons (Fsp3) is 0.429. The van der Waals surface area contributed by atoms with Gasteiger partial charge in [-0.15, -0.1) is 11.6 Å². The van der Waals surface area contributed by atoms with Gasteiger partial charge in [0.05, 0.1) is 6.04 Å². The van der Waals surface area contributed by atoms with Crippen LogP contribution in [0.5, 0.6) is 0 Å². The molecular formula is C14H17ClN2O3. The lowest BCUT2D eigenvalue weighted by Gasteiger charge is -2.15. The molecule has 0 aromatic heterocycles. The Bertz CT molecular complexity index is 467. The summed E-state index contributed by atoms with van der Waals surface area (Å²) in [6.45, 7) is 1.35. The first kappa shape index (κ1) is 14.7. The predicted molar refractivity (Wildman–Crippen MR) is 75.5 cm³/mol. The number of nitrogens with zero attached hydrogens (tertiary/aromatic N) is 1. The maximum absolute atomic E-state index is 11.7. The van der Waals surface area contributed by atoms with Gasteiger partial charge in [-0.05, 0) is 12.0 Å². The molecule has 1 N–H and O–H groups in total. The quantitative estimate of drug-likeness (QED) is 0.861. The molecule has 108 valence electrons. The predicted octanol–water partition coefficient (Wildman–Crippen LogP) is 1.75. The van der Waals surface area contributed by atoms with E-state index in [-0.39, 0.29) is 24.4 Å². The minimum absolute atomic E-state index is 0.0226. The van der Waals surface area contributed by atoms with Gasteiger partial charge in [-0.2, -0.15) is 0 Å². The number of rotatable bonds is 4. The molecule has 6 heteroatoms. The van der Waals surface area contributed by atoms with Crippen molar-refractivity contribution >= 4 is 23.6 Å². The molecule has 1 aliphatic heterocycles. The van der Waals surface area contributed by atoms with Crippen molar-refractivity contribution in [1.82, 2.24) is 10.2 Å². The molecule has 1 heterocycles. The van der Waals surface area contributed by atoms with Crippen molar-refractivity contribution in [2.75, 3.05) is 19.0 Å². The molecule has 0 radical (unpaired) electrons. The smallest absolute Gasteiger partial charge is 0.407 e. The van der Waals surface area contributed by atoms with Crippen molar-refractivity contribution < 1.29 is 14.3 Å². The second kappa shape index (κ2) is 7.14. The van der Waals surface area contributed by atoms with Gasteiger partial charge >= 0.3 is 6.09 Å². The van der Waals surface area contributed by atoms with Crippen LogP contribution in [0.15, 0.2) is 30.3 Å². The third-order valence-corrected chi connectivity index (χ3v) is 3.42. The molecule has 1 fully saturated rings. The van der Waals surface area contributed by atoms with Crippen molar-refractivity contribution in [3.63, 3.8) is 0 Å². The fourth-order valence-corrected chi connectivity index (χ4v) is 2.29. The highest BCUT2D eigenvalue weighted by Crippen LogP contribution is 2.10. The van der Waals surface area contributed by atoms with Crippen LogP contribution in [0.3, 0.4) is 0 Å². The molecule has 0 unspecified atom stereocenters. The normalized spacial score (nSPS) is 17.9. The lowest BCUT2D eigenvalue weighted by Crippen LogP contribution is -2.39. The van der Waals surface area contributed by atoms with Crippen LogP contribution >= 0.6 is 11.6 Å². The zero-order valence-corrected chi connectivity index (χ0v) is 11.8. The molecule has 1 aromatic carbocycles. The Morgan fingerprint density at radius 3 is 2.80 bits per heavy atom. The van der Waals surface area contributed by atoms with Crippen molar-refractivity contribution in [3.05, 3.63) is 35.9 Å². The van der Waals surface area contributed by atoms with Crippen LogP contribution < -0.4 is 5.32 Å². The number of ether oxygens (including phenoxy) is 1. The van der Waals surface area contributed by atoms with Crippen molar-refractivity contribution in [1.29, 1.82) is 0 Å². The first-order valence-corrected chi connectivity index (χ1v) is 7.03. The van der Waals surface area contributed by atoms with Gasteiger partial charge in [-0.1, -0.05) is 30.3 Å². The summed E-state index contributed by atoms with van der Waals surface area (Å²) in [7, 11) is 0. The standard InChI is InChI=1S/C14H17ClN2O3/c15-8-13(18)17-7-6-12(9-17)16-14(19)20-10-11-4-2-1-3-5-11/h1-5,12H,6-10H2,(H,16,19)/t12-/m1/s1. The van der Waals surface area contributed by atoms with Gasteiger partial charge in [-0.3, -0.25) is 4.79 Å². The monoisotopic (exact) mass is 296 g/mol. The zero-order valence-electron chi connectivity index (χ0n) is 11.0. The molecule has 0 saturated carbocycles. The molecule has 0 spiro atoms. The lowest BCUT2D eigenvalue weighted by atomic mass is 10.2. The Balaban J connectivity index is 1.72. The summed E-state index contributed by atoms with van der Waals surface area (Å²) >= 11 is 5.50. The van der Waals surface area contributed by atoms with Crippen LogP contribution in [0.4, 0.5) is 4.79 Å². The second-order valence-electron chi connectivity index (χ2n) is 4.67. The number of hydrogen-bond acceptors (Lipinski definition) is 3. The number of carbonyl (C=O) groups excluding carboxylic acids is 2. The van der Waals surface area contributed by atoms with Gasteiger partial charge in [0.25, 0.3) is 0 Å². The molecule has 0 bridgehead atoms. The zero-order chi connectivity index (χ0) is 14.4. The van der Waals surface area contributed by atoms with E-state index in [1.54, 1.807) is 4.90 Å². The van der Waals surface area contributed by atoms with Crippen LogP contribution in [0, 0.1) is 0 Å². The summed E-state index contributed by atoms with van der Waals surface area (Å²) in [5, 5.41) is 2.76. The topological polar surface area (TPSA) is 58.6 Å². The highest BCUT2D eigenvalue weighted by atomic mass is 35.5. The SMILES string of the molecule is O=C(N[C@@H]1CCN(C(=O)CCl)C1)OCc1ccccc1. The minimum Gasteiger partial charge on any atom is -0.445 e. The average molecular weight is 297 g/mol. The third-order valence-electron chi connectivity index (χ3n) is 3.19. The van der Waals surface area contributed by atoms with E-state index in [0.29, 0.717) is 13.1 Å². The molecule has 1 aliphatic rings. The number of nitrogens with one attached hydrogen (secondary N) is 1. The number of alkyl halides is 1. The fourth-order valence-electron chi connectivity index (χ4n) is 2.12. The molecule has 1 saturated heterocycles. The molecular weight excluding hydrogens is 280 g/mol. The molecule has 1 atom stereocenters. The number of amides is 2. The Morgan fingerprint density at radius 1 is 1.35 bits per heavy atom. The van der Waals surface area contributed by atoms with Gasteiger partial charge in [-0.25, -0.2) is 4.79 Å². The van der Waals surface area contributed by atoms with E-state index in [1.165, 1.54) is 0 Å².